The summed E-state index contributed by atoms with van der Waals surface area (Å²) in [7, 11) is 0. The normalized spacial score (nSPS) is 11.9. The van der Waals surface area contributed by atoms with Crippen molar-refractivity contribution in [1.29, 1.82) is 0 Å². The topological polar surface area (TPSA) is 56.7 Å². The van der Waals surface area contributed by atoms with Crippen LogP contribution in [0.1, 0.15) is 0 Å². The van der Waals surface area contributed by atoms with E-state index in [1.807, 2.05) is 42.5 Å². The SMILES string of the molecule is c1ccc(-c2ccc(-n3c4ccccc4c4cc5oc6cccc(-c7nc(-c8ccccc8)nc(-c8ccc9c(c8)sc8ccccc89)n7)c6c5cc43)cc2)cc1. The molecule has 8 aromatic carbocycles. The zero-order chi connectivity index (χ0) is 37.5. The van der Waals surface area contributed by atoms with E-state index in [9.17, 15) is 0 Å². The van der Waals surface area contributed by atoms with Gasteiger partial charge in [0, 0.05) is 64.1 Å². The van der Waals surface area contributed by atoms with Crippen LogP contribution in [0.5, 0.6) is 0 Å². The number of fused-ring (bicyclic) bond motifs is 9. The fourth-order valence-electron chi connectivity index (χ4n) is 8.39. The fraction of sp³-hybridized carbons (Fsp3) is 0. The lowest BCUT2D eigenvalue weighted by Crippen LogP contribution is -2.00. The number of hydrogen-bond acceptors (Lipinski definition) is 5. The van der Waals surface area contributed by atoms with E-state index in [4.69, 9.17) is 19.4 Å². The van der Waals surface area contributed by atoms with E-state index in [2.05, 4.69) is 144 Å². The first-order valence-electron chi connectivity index (χ1n) is 19.0. The van der Waals surface area contributed by atoms with Crippen molar-refractivity contribution in [2.24, 2.45) is 0 Å². The zero-order valence-electron chi connectivity index (χ0n) is 30.4. The maximum Gasteiger partial charge on any atom is 0.164 e. The molecule has 0 aliphatic rings. The summed E-state index contributed by atoms with van der Waals surface area (Å²) >= 11 is 1.79. The lowest BCUT2D eigenvalue weighted by Gasteiger charge is -2.10. The highest BCUT2D eigenvalue weighted by atomic mass is 32.1. The van der Waals surface area contributed by atoms with E-state index in [-0.39, 0.29) is 0 Å². The van der Waals surface area contributed by atoms with Crippen molar-refractivity contribution in [2.45, 2.75) is 0 Å². The van der Waals surface area contributed by atoms with Crippen molar-refractivity contribution in [3.8, 4) is 51.0 Å². The minimum Gasteiger partial charge on any atom is -0.456 e. The van der Waals surface area contributed by atoms with Gasteiger partial charge in [0.15, 0.2) is 17.5 Å². The second-order valence-electron chi connectivity index (χ2n) is 14.4. The van der Waals surface area contributed by atoms with Crippen LogP contribution in [0.4, 0.5) is 0 Å². The molecule has 57 heavy (non-hydrogen) atoms. The number of hydrogen-bond donors (Lipinski definition) is 0. The van der Waals surface area contributed by atoms with E-state index < -0.39 is 0 Å². The van der Waals surface area contributed by atoms with Crippen LogP contribution in [0.3, 0.4) is 0 Å². The Kier molecular flexibility index (Phi) is 7.03. The monoisotopic (exact) mass is 746 g/mol. The van der Waals surface area contributed by atoms with Gasteiger partial charge in [-0.15, -0.1) is 11.3 Å². The molecule has 0 saturated heterocycles. The first kappa shape index (κ1) is 31.9. The van der Waals surface area contributed by atoms with E-state index in [0.29, 0.717) is 17.5 Å². The molecule has 4 heterocycles. The van der Waals surface area contributed by atoms with Gasteiger partial charge in [-0.05, 0) is 59.7 Å². The summed E-state index contributed by atoms with van der Waals surface area (Å²) in [5.74, 6) is 1.85. The predicted octanol–water partition coefficient (Wildman–Crippen LogP) is 13.9. The highest BCUT2D eigenvalue weighted by molar-refractivity contribution is 7.25. The molecule has 0 unspecified atom stereocenters. The van der Waals surface area contributed by atoms with E-state index in [1.54, 1.807) is 11.3 Å². The van der Waals surface area contributed by atoms with Crippen LogP contribution in [-0.4, -0.2) is 19.5 Å². The minimum absolute atomic E-state index is 0.598. The molecule has 0 bridgehead atoms. The maximum atomic E-state index is 6.68. The van der Waals surface area contributed by atoms with Crippen LogP contribution in [-0.2, 0) is 0 Å². The summed E-state index contributed by atoms with van der Waals surface area (Å²) in [5.41, 5.74) is 10.1. The van der Waals surface area contributed by atoms with Crippen LogP contribution >= 0.6 is 11.3 Å². The van der Waals surface area contributed by atoms with Crippen LogP contribution in [0.25, 0.3) is 115 Å². The van der Waals surface area contributed by atoms with Crippen molar-refractivity contribution >= 4 is 75.3 Å². The van der Waals surface area contributed by atoms with Crippen LogP contribution < -0.4 is 0 Å². The van der Waals surface area contributed by atoms with Gasteiger partial charge in [-0.1, -0.05) is 133 Å². The standard InChI is InChI=1S/C51H30N4OS/c1-3-12-31(13-4-1)32-22-25-35(26-23-32)55-42-19-9-7-16-36(42)40-30-45-41(29-43(40)55)48-39(18-11-20-44(48)56-45)51-53-49(33-14-5-2-6-15-33)52-50(54-51)34-24-27-38-37-17-8-10-21-46(37)57-47(38)28-34/h1-30H. The van der Waals surface area contributed by atoms with Gasteiger partial charge in [-0.2, -0.15) is 0 Å². The quantitative estimate of drug-likeness (QED) is 0.176. The number of aromatic nitrogens is 4. The molecule has 0 aliphatic heterocycles. The van der Waals surface area contributed by atoms with Crippen LogP contribution in [0.2, 0.25) is 0 Å². The highest BCUT2D eigenvalue weighted by Crippen LogP contribution is 2.42. The van der Waals surface area contributed by atoms with Gasteiger partial charge < -0.3 is 8.98 Å². The Labute approximate surface area is 330 Å². The lowest BCUT2D eigenvalue weighted by molar-refractivity contribution is 0.669. The highest BCUT2D eigenvalue weighted by Gasteiger charge is 2.21. The largest absolute Gasteiger partial charge is 0.456 e. The molecule has 12 aromatic rings. The first-order chi connectivity index (χ1) is 28.2. The van der Waals surface area contributed by atoms with Gasteiger partial charge in [-0.25, -0.2) is 15.0 Å². The van der Waals surface area contributed by atoms with Gasteiger partial charge in [0.05, 0.1) is 11.0 Å². The second-order valence-corrected chi connectivity index (χ2v) is 15.5. The minimum atomic E-state index is 0.598. The van der Waals surface area contributed by atoms with Gasteiger partial charge >= 0.3 is 0 Å². The smallest absolute Gasteiger partial charge is 0.164 e. The summed E-state index contributed by atoms with van der Waals surface area (Å²) in [6, 6.07) is 63.8. The third-order valence-corrected chi connectivity index (χ3v) is 12.2. The molecule has 12 rings (SSSR count). The molecule has 0 atom stereocenters. The summed E-state index contributed by atoms with van der Waals surface area (Å²) in [5, 5.41) is 6.79. The molecule has 5 nitrogen and oxygen atoms in total. The summed E-state index contributed by atoms with van der Waals surface area (Å²) < 4.78 is 11.5. The predicted molar refractivity (Wildman–Crippen MR) is 236 cm³/mol. The van der Waals surface area contributed by atoms with E-state index >= 15 is 0 Å². The van der Waals surface area contributed by atoms with Gasteiger partial charge in [0.1, 0.15) is 11.2 Å². The van der Waals surface area contributed by atoms with Crippen molar-refractivity contribution in [3.63, 3.8) is 0 Å². The third kappa shape index (κ3) is 5.12. The third-order valence-electron chi connectivity index (χ3n) is 11.1. The first-order valence-corrected chi connectivity index (χ1v) is 19.8. The summed E-state index contributed by atoms with van der Waals surface area (Å²) in [4.78, 5) is 15.5. The molecular weight excluding hydrogens is 717 g/mol. The van der Waals surface area contributed by atoms with Crippen LogP contribution in [0, 0.1) is 0 Å². The summed E-state index contributed by atoms with van der Waals surface area (Å²) in [6.45, 7) is 0. The maximum absolute atomic E-state index is 6.68. The molecular formula is C51H30N4OS. The molecule has 266 valence electrons. The van der Waals surface area contributed by atoms with Crippen molar-refractivity contribution in [3.05, 3.63) is 182 Å². The van der Waals surface area contributed by atoms with Crippen molar-refractivity contribution in [1.82, 2.24) is 19.5 Å². The molecule has 0 radical (unpaired) electrons. The van der Waals surface area contributed by atoms with Crippen molar-refractivity contribution < 1.29 is 4.42 Å². The second kappa shape index (κ2) is 12.6. The molecule has 0 amide bonds. The van der Waals surface area contributed by atoms with E-state index in [0.717, 1.165) is 60.7 Å². The summed E-state index contributed by atoms with van der Waals surface area (Å²) in [6.07, 6.45) is 0. The average Bonchev–Trinajstić information content (AvgIpc) is 3.95. The number of benzene rings is 8. The Balaban J connectivity index is 1.07. The molecule has 0 aliphatic carbocycles. The molecule has 4 aromatic heterocycles. The Morgan fingerprint density at radius 1 is 0.386 bits per heavy atom. The number of furan rings is 1. The Hall–Kier alpha value is -7.41. The van der Waals surface area contributed by atoms with Crippen LogP contribution in [0.15, 0.2) is 186 Å². The average molecular weight is 747 g/mol. The Morgan fingerprint density at radius 3 is 1.86 bits per heavy atom. The number of nitrogens with zero attached hydrogens (tertiary/aromatic N) is 4. The Morgan fingerprint density at radius 2 is 1.04 bits per heavy atom. The van der Waals surface area contributed by atoms with E-state index in [1.165, 1.54) is 36.7 Å². The Bertz CT molecular complexity index is 3510. The molecule has 6 heteroatoms. The van der Waals surface area contributed by atoms with Crippen molar-refractivity contribution in [2.75, 3.05) is 0 Å². The van der Waals surface area contributed by atoms with Gasteiger partial charge in [0.25, 0.3) is 0 Å². The lowest BCUT2D eigenvalue weighted by atomic mass is 10.0. The molecule has 0 N–H and O–H groups in total. The van der Waals surface area contributed by atoms with Gasteiger partial charge in [-0.3, -0.25) is 0 Å². The zero-order valence-corrected chi connectivity index (χ0v) is 31.2. The number of thiophene rings is 1. The number of para-hydroxylation sites is 1. The molecule has 0 spiro atoms. The fourth-order valence-corrected chi connectivity index (χ4v) is 9.54. The number of rotatable bonds is 5. The van der Waals surface area contributed by atoms with Gasteiger partial charge in [0.2, 0.25) is 0 Å². The molecule has 0 saturated carbocycles. The molecule has 0 fully saturated rings.